The van der Waals surface area contributed by atoms with Gasteiger partial charge in [0.05, 0.1) is 19.1 Å². The molecule has 1 unspecified atom stereocenters. The molecule has 6 nitrogen and oxygen atoms in total. The van der Waals surface area contributed by atoms with Gasteiger partial charge in [0, 0.05) is 56.2 Å². The predicted octanol–water partition coefficient (Wildman–Crippen LogP) is 3.10. The summed E-state index contributed by atoms with van der Waals surface area (Å²) in [6.07, 6.45) is 4.54. The second-order valence-corrected chi connectivity index (χ2v) is 10.3. The molecule has 174 valence electrons. The quantitative estimate of drug-likeness (QED) is 0.574. The van der Waals surface area contributed by atoms with Crippen molar-refractivity contribution in [3.8, 4) is 5.75 Å². The summed E-state index contributed by atoms with van der Waals surface area (Å²) in [5, 5.41) is 11.5. The number of esters is 1. The van der Waals surface area contributed by atoms with Crippen molar-refractivity contribution < 1.29 is 19.4 Å². The largest absolute Gasteiger partial charge is 0.497 e. The van der Waals surface area contributed by atoms with Crippen molar-refractivity contribution in [1.82, 2.24) is 4.90 Å². The number of nitrogens with zero attached hydrogens (tertiary/aromatic N) is 2. The van der Waals surface area contributed by atoms with Crippen molar-refractivity contribution >= 4 is 11.7 Å². The van der Waals surface area contributed by atoms with Crippen molar-refractivity contribution in [1.29, 1.82) is 0 Å². The first-order chi connectivity index (χ1) is 15.4. The van der Waals surface area contributed by atoms with Gasteiger partial charge >= 0.3 is 5.97 Å². The molecule has 0 amide bonds. The number of benzene rings is 1. The lowest BCUT2D eigenvalue weighted by molar-refractivity contribution is -0.145. The smallest absolute Gasteiger partial charge is 0.311 e. The van der Waals surface area contributed by atoms with Crippen LogP contribution in [0.2, 0.25) is 0 Å². The first kappa shape index (κ1) is 21.8. The number of rotatable bonds is 4. The van der Waals surface area contributed by atoms with Crippen LogP contribution in [-0.4, -0.2) is 68.0 Å². The molecule has 1 N–H and O–H groups in total. The highest BCUT2D eigenvalue weighted by molar-refractivity contribution is 5.76. The Morgan fingerprint density at radius 3 is 2.59 bits per heavy atom. The maximum absolute atomic E-state index is 12.9. The van der Waals surface area contributed by atoms with Crippen molar-refractivity contribution in [2.24, 2.45) is 23.2 Å². The molecule has 6 atom stereocenters. The summed E-state index contributed by atoms with van der Waals surface area (Å²) in [6, 6.07) is 8.19. The second-order valence-electron chi connectivity index (χ2n) is 10.3. The molecule has 2 aliphatic heterocycles. The number of ether oxygens (including phenoxy) is 2. The number of anilines is 1. The lowest BCUT2D eigenvalue weighted by Crippen LogP contribution is -2.55. The molecule has 2 aliphatic carbocycles. The Labute approximate surface area is 191 Å². The average Bonchev–Trinajstić information content (AvgIpc) is 3.11. The lowest BCUT2D eigenvalue weighted by atomic mass is 9.55. The van der Waals surface area contributed by atoms with Crippen LogP contribution in [0.5, 0.6) is 5.75 Å². The third-order valence-electron chi connectivity index (χ3n) is 8.84. The van der Waals surface area contributed by atoms with Gasteiger partial charge in [-0.3, -0.25) is 9.69 Å². The Morgan fingerprint density at radius 2 is 1.91 bits per heavy atom. The van der Waals surface area contributed by atoms with E-state index < -0.39 is 6.10 Å². The van der Waals surface area contributed by atoms with E-state index in [1.165, 1.54) is 11.3 Å². The molecule has 4 aliphatic rings. The number of piperazine rings is 1. The number of carbonyl (C=O) groups is 1. The third kappa shape index (κ3) is 3.52. The summed E-state index contributed by atoms with van der Waals surface area (Å²) in [5.74, 6) is 0.821. The zero-order valence-corrected chi connectivity index (χ0v) is 19.5. The third-order valence-corrected chi connectivity index (χ3v) is 8.84. The second kappa shape index (κ2) is 8.38. The van der Waals surface area contributed by atoms with E-state index >= 15 is 0 Å². The molecule has 1 aromatic rings. The first-order valence-electron chi connectivity index (χ1n) is 12.1. The van der Waals surface area contributed by atoms with Gasteiger partial charge < -0.3 is 19.5 Å². The highest BCUT2D eigenvalue weighted by Crippen LogP contribution is 2.56. The molecular weight excluding hydrogens is 404 g/mol. The van der Waals surface area contributed by atoms with Crippen LogP contribution in [0.25, 0.3) is 0 Å². The maximum Gasteiger partial charge on any atom is 0.311 e. The molecule has 5 rings (SSSR count). The normalized spacial score (nSPS) is 37.4. The van der Waals surface area contributed by atoms with E-state index in [1.807, 2.05) is 12.1 Å². The van der Waals surface area contributed by atoms with Crippen LogP contribution < -0.4 is 9.64 Å². The first-order valence-corrected chi connectivity index (χ1v) is 12.1. The summed E-state index contributed by atoms with van der Waals surface area (Å²) in [4.78, 5) is 17.6. The van der Waals surface area contributed by atoms with Crippen LogP contribution in [0, 0.1) is 23.2 Å². The summed E-state index contributed by atoms with van der Waals surface area (Å²) < 4.78 is 11.1. The maximum atomic E-state index is 12.9. The molecule has 0 bridgehead atoms. The fraction of sp³-hybridized carbons (Fsp3) is 0.654. The molecule has 2 saturated heterocycles. The summed E-state index contributed by atoms with van der Waals surface area (Å²) in [6.45, 7) is 8.79. The van der Waals surface area contributed by atoms with E-state index in [0.717, 1.165) is 51.2 Å². The van der Waals surface area contributed by atoms with Gasteiger partial charge in [-0.05, 0) is 43.0 Å². The summed E-state index contributed by atoms with van der Waals surface area (Å²) in [5.41, 5.74) is 2.26. The van der Waals surface area contributed by atoms with E-state index in [0.29, 0.717) is 12.5 Å². The Hall–Kier alpha value is -2.05. The van der Waals surface area contributed by atoms with Gasteiger partial charge in [0.2, 0.25) is 0 Å². The van der Waals surface area contributed by atoms with E-state index in [9.17, 15) is 9.90 Å². The number of aliphatic hydroxyl groups is 1. The molecule has 6 heteroatoms. The topological polar surface area (TPSA) is 62.2 Å². The zero-order valence-electron chi connectivity index (χ0n) is 19.5. The van der Waals surface area contributed by atoms with Gasteiger partial charge in [-0.2, -0.15) is 0 Å². The van der Waals surface area contributed by atoms with Crippen molar-refractivity contribution in [3.05, 3.63) is 35.9 Å². The van der Waals surface area contributed by atoms with Crippen molar-refractivity contribution in [3.63, 3.8) is 0 Å². The Morgan fingerprint density at radius 1 is 1.19 bits per heavy atom. The number of allylic oxidation sites excluding steroid dienone is 1. The fourth-order valence-corrected chi connectivity index (χ4v) is 6.53. The number of hydrogen-bond acceptors (Lipinski definition) is 6. The highest BCUT2D eigenvalue weighted by Gasteiger charge is 2.59. The molecule has 0 radical (unpaired) electrons. The Balaban J connectivity index is 1.25. The fourth-order valence-electron chi connectivity index (χ4n) is 6.53. The number of aliphatic hydroxyl groups excluding tert-OH is 1. The Bertz CT molecular complexity index is 876. The molecule has 3 fully saturated rings. The number of methoxy groups -OCH3 is 1. The molecular formula is C26H36N2O4. The van der Waals surface area contributed by atoms with Crippen LogP contribution in [0.1, 0.15) is 33.1 Å². The molecule has 1 saturated carbocycles. The van der Waals surface area contributed by atoms with Gasteiger partial charge in [-0.1, -0.05) is 25.5 Å². The predicted molar refractivity (Wildman–Crippen MR) is 124 cm³/mol. The van der Waals surface area contributed by atoms with Crippen LogP contribution in [-0.2, 0) is 9.53 Å². The van der Waals surface area contributed by atoms with Crippen molar-refractivity contribution in [2.75, 3.05) is 44.7 Å². The standard InChI is InChI=1S/C26H36N2O4/c1-17-5-4-6-18-15-22-23(24(29)26(17,18)2)21(25(30)32-22)16-27-11-13-28(14-12-27)19-7-9-20(31-3)10-8-19/h6-10,17,21-24,29H,4-5,11-16H2,1-3H3/t17-,21?,22+,23+,24-,26+/m0/s1. The molecule has 0 spiro atoms. The molecule has 32 heavy (non-hydrogen) atoms. The van der Waals surface area contributed by atoms with E-state index in [2.05, 4.69) is 41.9 Å². The van der Waals surface area contributed by atoms with Gasteiger partial charge in [0.25, 0.3) is 0 Å². The minimum atomic E-state index is -0.528. The monoisotopic (exact) mass is 440 g/mol. The van der Waals surface area contributed by atoms with Crippen LogP contribution in [0.3, 0.4) is 0 Å². The van der Waals surface area contributed by atoms with Crippen LogP contribution in [0.4, 0.5) is 5.69 Å². The van der Waals surface area contributed by atoms with Gasteiger partial charge in [0.15, 0.2) is 0 Å². The number of fused-ring (bicyclic) bond motifs is 2. The van der Waals surface area contributed by atoms with Gasteiger partial charge in [-0.15, -0.1) is 0 Å². The minimum Gasteiger partial charge on any atom is -0.497 e. The molecule has 0 aromatic heterocycles. The molecule has 1 aromatic carbocycles. The summed E-state index contributed by atoms with van der Waals surface area (Å²) >= 11 is 0. The average molecular weight is 441 g/mol. The van der Waals surface area contributed by atoms with E-state index in [-0.39, 0.29) is 29.3 Å². The van der Waals surface area contributed by atoms with Crippen LogP contribution >= 0.6 is 0 Å². The zero-order chi connectivity index (χ0) is 22.5. The van der Waals surface area contributed by atoms with E-state index in [4.69, 9.17) is 9.47 Å². The highest BCUT2D eigenvalue weighted by atomic mass is 16.6. The number of carbonyl (C=O) groups excluding carboxylic acids is 1. The Kier molecular flexibility index (Phi) is 5.70. The lowest BCUT2D eigenvalue weighted by Gasteiger charge is -2.52. The molecule has 2 heterocycles. The van der Waals surface area contributed by atoms with Crippen LogP contribution in [0.15, 0.2) is 35.9 Å². The SMILES string of the molecule is COc1ccc(N2CCN(CC3C(=O)O[C@@H]4CC5=CCC[C@H](C)[C@@]5(C)[C@@H](O)[C@H]34)CC2)cc1. The minimum absolute atomic E-state index is 0.107. The number of hydrogen-bond donors (Lipinski definition) is 1. The van der Waals surface area contributed by atoms with E-state index in [1.54, 1.807) is 7.11 Å². The van der Waals surface area contributed by atoms with Crippen molar-refractivity contribution in [2.45, 2.75) is 45.3 Å². The summed E-state index contributed by atoms with van der Waals surface area (Å²) in [7, 11) is 1.68. The van der Waals surface area contributed by atoms with Gasteiger partial charge in [-0.25, -0.2) is 0 Å². The van der Waals surface area contributed by atoms with Gasteiger partial charge in [0.1, 0.15) is 11.9 Å².